The molecule has 2 aromatic heterocycles. The van der Waals surface area contributed by atoms with Crippen LogP contribution >= 0.6 is 0 Å². The number of aromatic amines is 1. The van der Waals surface area contributed by atoms with E-state index in [0.717, 1.165) is 30.7 Å². The van der Waals surface area contributed by atoms with Crippen LogP contribution in [0, 0.1) is 5.82 Å². The van der Waals surface area contributed by atoms with Gasteiger partial charge in [-0.1, -0.05) is 6.92 Å². The third kappa shape index (κ3) is 1.53. The number of imidazole rings is 1. The summed E-state index contributed by atoms with van der Waals surface area (Å²) >= 11 is 0. The van der Waals surface area contributed by atoms with Gasteiger partial charge in [0, 0.05) is 29.8 Å². The maximum atomic E-state index is 13.3. The van der Waals surface area contributed by atoms with Crippen molar-refractivity contribution in [1.82, 2.24) is 19.5 Å². The molecule has 20 heavy (non-hydrogen) atoms. The Bertz CT molecular complexity index is 803. The monoisotopic (exact) mass is 272 g/mol. The number of nitrogens with one attached hydrogen (secondary N) is 1. The van der Waals surface area contributed by atoms with E-state index in [0.29, 0.717) is 5.52 Å². The van der Waals surface area contributed by atoms with E-state index in [1.165, 1.54) is 17.7 Å². The zero-order chi connectivity index (χ0) is 13.9. The molecule has 1 N–H and O–H groups in total. The van der Waals surface area contributed by atoms with Crippen molar-refractivity contribution in [3.63, 3.8) is 0 Å². The van der Waals surface area contributed by atoms with Gasteiger partial charge in [-0.25, -0.2) is 13.9 Å². The summed E-state index contributed by atoms with van der Waals surface area (Å²) in [7, 11) is 2.15. The van der Waals surface area contributed by atoms with E-state index in [4.69, 9.17) is 0 Å². The highest BCUT2D eigenvalue weighted by Crippen LogP contribution is 2.36. The van der Waals surface area contributed by atoms with Crippen LogP contribution in [-0.2, 0) is 5.41 Å². The molecule has 104 valence electrons. The smallest absolute Gasteiger partial charge is 0.157 e. The van der Waals surface area contributed by atoms with E-state index in [2.05, 4.69) is 29.0 Å². The molecule has 5 heteroatoms. The number of hydrogen-bond acceptors (Lipinski definition) is 2. The number of aromatic nitrogens is 3. The third-order valence-electron chi connectivity index (χ3n) is 4.51. The molecule has 0 spiro atoms. The lowest BCUT2D eigenvalue weighted by molar-refractivity contribution is 0.382. The van der Waals surface area contributed by atoms with Crippen LogP contribution in [0.3, 0.4) is 0 Å². The highest BCUT2D eigenvalue weighted by atomic mass is 19.1. The van der Waals surface area contributed by atoms with Crippen molar-refractivity contribution in [2.24, 2.45) is 0 Å². The van der Waals surface area contributed by atoms with E-state index in [1.54, 1.807) is 6.07 Å². The number of H-pyrrole nitrogens is 1. The Balaban J connectivity index is 1.95. The fourth-order valence-electron chi connectivity index (χ4n) is 3.41. The van der Waals surface area contributed by atoms with Gasteiger partial charge in [0.15, 0.2) is 5.65 Å². The molecule has 1 unspecified atom stereocenters. The Morgan fingerprint density at radius 1 is 1.40 bits per heavy atom. The van der Waals surface area contributed by atoms with Crippen molar-refractivity contribution in [2.75, 3.05) is 20.1 Å². The summed E-state index contributed by atoms with van der Waals surface area (Å²) in [6.07, 6.45) is 3.17. The van der Waals surface area contributed by atoms with Gasteiger partial charge in [0.25, 0.3) is 0 Å². The minimum Gasteiger partial charge on any atom is -0.305 e. The van der Waals surface area contributed by atoms with Gasteiger partial charge in [-0.15, -0.1) is 0 Å². The number of nitrogens with zero attached hydrogens (tertiary/aromatic N) is 3. The largest absolute Gasteiger partial charge is 0.305 e. The Labute approximate surface area is 116 Å². The van der Waals surface area contributed by atoms with Crippen LogP contribution in [0.15, 0.2) is 24.4 Å². The molecule has 0 saturated carbocycles. The molecular weight excluding hydrogens is 255 g/mol. The van der Waals surface area contributed by atoms with Crippen molar-refractivity contribution < 1.29 is 4.39 Å². The lowest BCUT2D eigenvalue weighted by Crippen LogP contribution is -2.25. The molecule has 0 amide bonds. The summed E-state index contributed by atoms with van der Waals surface area (Å²) in [6.45, 7) is 4.40. The van der Waals surface area contributed by atoms with Gasteiger partial charge in [-0.3, -0.25) is 5.10 Å². The summed E-state index contributed by atoms with van der Waals surface area (Å²) < 4.78 is 15.3. The number of likely N-dealkylation sites (N-methyl/N-ethyl adjacent to an activating group) is 1. The SMILES string of the molecule is CN1CCC(C)(c2c[nH]n3c2nc2cc(F)ccc23)C1. The molecule has 1 aromatic carbocycles. The van der Waals surface area contributed by atoms with Crippen LogP contribution in [0.1, 0.15) is 18.9 Å². The van der Waals surface area contributed by atoms with Crippen LogP contribution in [0.25, 0.3) is 16.7 Å². The van der Waals surface area contributed by atoms with Crippen molar-refractivity contribution >= 4 is 16.7 Å². The topological polar surface area (TPSA) is 36.3 Å². The first kappa shape index (κ1) is 11.9. The molecule has 4 nitrogen and oxygen atoms in total. The van der Waals surface area contributed by atoms with Gasteiger partial charge in [0.05, 0.1) is 11.0 Å². The highest BCUT2D eigenvalue weighted by Gasteiger charge is 2.36. The predicted octanol–water partition coefficient (Wildman–Crippen LogP) is 2.55. The van der Waals surface area contributed by atoms with Crippen LogP contribution in [0.5, 0.6) is 0 Å². The molecule has 4 rings (SSSR count). The van der Waals surface area contributed by atoms with E-state index in [-0.39, 0.29) is 11.2 Å². The summed E-state index contributed by atoms with van der Waals surface area (Å²) in [5, 5.41) is 3.26. The molecule has 1 atom stereocenters. The van der Waals surface area contributed by atoms with Crippen LogP contribution in [0.2, 0.25) is 0 Å². The lowest BCUT2D eigenvalue weighted by atomic mass is 9.83. The van der Waals surface area contributed by atoms with Crippen molar-refractivity contribution in [3.05, 3.63) is 35.8 Å². The Morgan fingerprint density at radius 3 is 3.00 bits per heavy atom. The minimum atomic E-state index is -0.244. The van der Waals surface area contributed by atoms with E-state index < -0.39 is 0 Å². The number of likely N-dealkylation sites (tertiary alicyclic amines) is 1. The van der Waals surface area contributed by atoms with Gasteiger partial charge < -0.3 is 4.90 Å². The molecule has 1 aliphatic heterocycles. The van der Waals surface area contributed by atoms with E-state index in [9.17, 15) is 4.39 Å². The van der Waals surface area contributed by atoms with Gasteiger partial charge in [0.2, 0.25) is 0 Å². The van der Waals surface area contributed by atoms with Crippen LogP contribution in [-0.4, -0.2) is 39.6 Å². The first-order valence-corrected chi connectivity index (χ1v) is 6.91. The molecule has 0 bridgehead atoms. The fraction of sp³-hybridized carbons (Fsp3) is 0.400. The fourth-order valence-corrected chi connectivity index (χ4v) is 3.41. The average Bonchev–Trinajstić information content (AvgIpc) is 3.03. The summed E-state index contributed by atoms with van der Waals surface area (Å²) in [5.41, 5.74) is 3.87. The molecule has 0 radical (unpaired) electrons. The maximum absolute atomic E-state index is 13.3. The zero-order valence-electron chi connectivity index (χ0n) is 11.7. The zero-order valence-corrected chi connectivity index (χ0v) is 11.7. The second-order valence-electron chi connectivity index (χ2n) is 6.14. The number of halogens is 1. The Hall–Kier alpha value is -1.88. The van der Waals surface area contributed by atoms with Crippen molar-refractivity contribution in [3.8, 4) is 0 Å². The van der Waals surface area contributed by atoms with Gasteiger partial charge in [-0.05, 0) is 32.1 Å². The van der Waals surface area contributed by atoms with Crippen molar-refractivity contribution in [1.29, 1.82) is 0 Å². The predicted molar refractivity (Wildman–Crippen MR) is 76.5 cm³/mol. The second-order valence-corrected chi connectivity index (χ2v) is 6.14. The normalized spacial score (nSPS) is 24.1. The Kier molecular flexibility index (Phi) is 2.27. The van der Waals surface area contributed by atoms with E-state index in [1.807, 2.05) is 10.7 Å². The first-order valence-electron chi connectivity index (χ1n) is 6.91. The highest BCUT2D eigenvalue weighted by molar-refractivity contribution is 5.81. The quantitative estimate of drug-likeness (QED) is 0.739. The van der Waals surface area contributed by atoms with Gasteiger partial charge >= 0.3 is 0 Å². The number of hydrogen-bond donors (Lipinski definition) is 1. The molecule has 1 saturated heterocycles. The molecule has 1 fully saturated rings. The number of fused-ring (bicyclic) bond motifs is 3. The number of rotatable bonds is 1. The molecule has 1 aliphatic rings. The second kappa shape index (κ2) is 3.82. The summed E-state index contributed by atoms with van der Waals surface area (Å²) in [5.74, 6) is -0.244. The molecule has 0 aliphatic carbocycles. The summed E-state index contributed by atoms with van der Waals surface area (Å²) in [4.78, 5) is 6.96. The van der Waals surface area contributed by atoms with Gasteiger partial charge in [-0.2, -0.15) is 0 Å². The molecule has 3 aromatic rings. The first-order chi connectivity index (χ1) is 9.57. The molecule has 3 heterocycles. The Morgan fingerprint density at radius 2 is 2.25 bits per heavy atom. The van der Waals surface area contributed by atoms with Gasteiger partial charge in [0.1, 0.15) is 5.82 Å². The van der Waals surface area contributed by atoms with E-state index >= 15 is 0 Å². The lowest BCUT2D eigenvalue weighted by Gasteiger charge is -2.22. The van der Waals surface area contributed by atoms with Crippen LogP contribution in [0.4, 0.5) is 4.39 Å². The minimum absolute atomic E-state index is 0.107. The van der Waals surface area contributed by atoms with Crippen molar-refractivity contribution in [2.45, 2.75) is 18.8 Å². The third-order valence-corrected chi connectivity index (χ3v) is 4.51. The average molecular weight is 272 g/mol. The van der Waals surface area contributed by atoms with Crippen LogP contribution < -0.4 is 0 Å². The molecular formula is C15H17FN4. The number of benzene rings is 1. The maximum Gasteiger partial charge on any atom is 0.157 e. The standard InChI is InChI=1S/C15H17FN4/c1-15(5-6-19(2)9-15)11-8-17-20-13-4-3-10(16)7-12(13)18-14(11)20/h3-4,7-8,17H,5-6,9H2,1-2H3. The summed E-state index contributed by atoms with van der Waals surface area (Å²) in [6, 6.07) is 4.74.